The van der Waals surface area contributed by atoms with Gasteiger partial charge in [-0.05, 0) is 26.0 Å². The summed E-state index contributed by atoms with van der Waals surface area (Å²) in [7, 11) is 2.01. The fraction of sp³-hybridized carbons (Fsp3) is 0.294. The Morgan fingerprint density at radius 3 is 2.80 bits per heavy atom. The molecule has 4 heterocycles. The van der Waals surface area contributed by atoms with E-state index < -0.39 is 0 Å². The quantitative estimate of drug-likeness (QED) is 0.785. The number of fused-ring (bicyclic) bond motifs is 1. The summed E-state index contributed by atoms with van der Waals surface area (Å²) in [5, 5.41) is 3.18. The number of aromatic nitrogens is 5. The van der Waals surface area contributed by atoms with Crippen LogP contribution in [0.4, 0.5) is 17.5 Å². The molecule has 1 N–H and O–H groups in total. The van der Waals surface area contributed by atoms with Crippen LogP contribution in [0.5, 0.6) is 5.75 Å². The van der Waals surface area contributed by atoms with Crippen LogP contribution in [0.15, 0.2) is 37.1 Å². The monoisotopic (exact) mass is 337 g/mol. The maximum absolute atomic E-state index is 5.66. The molecule has 128 valence electrons. The van der Waals surface area contributed by atoms with Gasteiger partial charge in [0.25, 0.3) is 0 Å². The molecule has 0 fully saturated rings. The highest BCUT2D eigenvalue weighted by atomic mass is 16.5. The van der Waals surface area contributed by atoms with Crippen molar-refractivity contribution >= 4 is 17.5 Å². The molecule has 0 saturated carbocycles. The molecule has 8 nitrogen and oxygen atoms in total. The standard InChI is InChI=1S/C17H19N7O/c1-11-8-24(10-20-11)15-5-4-13(6-18-15)21-17-19-7-14-16(22-17)23(3)12(2)9-25-14/h4-8,10,12H,9H2,1-3H3,(H,19,21,22). The van der Waals surface area contributed by atoms with E-state index in [1.165, 1.54) is 0 Å². The SMILES string of the molecule is Cc1cn(-c2ccc(Nc3ncc4c(n3)N(C)C(C)CO4)cn2)cn1. The molecular weight excluding hydrogens is 318 g/mol. The van der Waals surface area contributed by atoms with Crippen LogP contribution >= 0.6 is 0 Å². The molecule has 1 atom stereocenters. The van der Waals surface area contributed by atoms with Crippen molar-refractivity contribution in [2.45, 2.75) is 19.9 Å². The highest BCUT2D eigenvalue weighted by molar-refractivity contribution is 5.59. The zero-order valence-electron chi connectivity index (χ0n) is 14.3. The lowest BCUT2D eigenvalue weighted by Crippen LogP contribution is -2.38. The van der Waals surface area contributed by atoms with Crippen LogP contribution in [0.1, 0.15) is 12.6 Å². The number of likely N-dealkylation sites (N-methyl/N-ethyl adjacent to an activating group) is 1. The first-order valence-electron chi connectivity index (χ1n) is 8.07. The number of nitrogens with zero attached hydrogens (tertiary/aromatic N) is 6. The van der Waals surface area contributed by atoms with Crippen LogP contribution in [0.2, 0.25) is 0 Å². The second-order valence-corrected chi connectivity index (χ2v) is 6.10. The molecule has 0 bridgehead atoms. The van der Waals surface area contributed by atoms with Gasteiger partial charge < -0.3 is 15.0 Å². The maximum atomic E-state index is 5.66. The Bertz CT molecular complexity index is 890. The van der Waals surface area contributed by atoms with Crippen molar-refractivity contribution in [1.82, 2.24) is 24.5 Å². The molecule has 25 heavy (non-hydrogen) atoms. The van der Waals surface area contributed by atoms with Gasteiger partial charge in [0.05, 0.1) is 29.8 Å². The van der Waals surface area contributed by atoms with Crippen molar-refractivity contribution < 1.29 is 4.74 Å². The molecule has 3 aromatic heterocycles. The number of pyridine rings is 1. The summed E-state index contributed by atoms with van der Waals surface area (Å²) in [6, 6.07) is 4.12. The summed E-state index contributed by atoms with van der Waals surface area (Å²) in [6.07, 6.45) is 7.12. The average Bonchev–Trinajstić information content (AvgIpc) is 3.06. The van der Waals surface area contributed by atoms with Crippen molar-refractivity contribution in [3.63, 3.8) is 0 Å². The summed E-state index contributed by atoms with van der Waals surface area (Å²) in [6.45, 7) is 4.68. The Labute approximate surface area is 145 Å². The number of hydrogen-bond donors (Lipinski definition) is 1. The average molecular weight is 337 g/mol. The second kappa shape index (κ2) is 6.04. The summed E-state index contributed by atoms with van der Waals surface area (Å²) in [5.74, 6) is 2.81. The van der Waals surface area contributed by atoms with Gasteiger partial charge in [0.2, 0.25) is 5.95 Å². The fourth-order valence-corrected chi connectivity index (χ4v) is 2.60. The zero-order valence-corrected chi connectivity index (χ0v) is 14.3. The van der Waals surface area contributed by atoms with E-state index in [9.17, 15) is 0 Å². The summed E-state index contributed by atoms with van der Waals surface area (Å²) >= 11 is 0. The molecule has 0 amide bonds. The smallest absolute Gasteiger partial charge is 0.229 e. The van der Waals surface area contributed by atoms with E-state index in [1.54, 1.807) is 18.7 Å². The van der Waals surface area contributed by atoms with E-state index in [0.717, 1.165) is 23.0 Å². The van der Waals surface area contributed by atoms with Gasteiger partial charge in [0, 0.05) is 13.2 Å². The Balaban J connectivity index is 1.54. The molecule has 1 aliphatic rings. The molecule has 1 aliphatic heterocycles. The van der Waals surface area contributed by atoms with E-state index in [-0.39, 0.29) is 6.04 Å². The third kappa shape index (κ3) is 2.98. The second-order valence-electron chi connectivity index (χ2n) is 6.10. The third-order valence-corrected chi connectivity index (χ3v) is 4.19. The number of hydrogen-bond acceptors (Lipinski definition) is 7. The van der Waals surface area contributed by atoms with E-state index in [2.05, 4.69) is 37.1 Å². The van der Waals surface area contributed by atoms with Crippen LogP contribution < -0.4 is 15.0 Å². The van der Waals surface area contributed by atoms with Crippen LogP contribution in [0, 0.1) is 6.92 Å². The first-order chi connectivity index (χ1) is 12.1. The van der Waals surface area contributed by atoms with Gasteiger partial charge in [-0.3, -0.25) is 4.57 Å². The minimum absolute atomic E-state index is 0.273. The van der Waals surface area contributed by atoms with E-state index >= 15 is 0 Å². The van der Waals surface area contributed by atoms with Crippen molar-refractivity contribution in [2.24, 2.45) is 0 Å². The minimum Gasteiger partial charge on any atom is -0.486 e. The lowest BCUT2D eigenvalue weighted by Gasteiger charge is -2.32. The van der Waals surface area contributed by atoms with Gasteiger partial charge >= 0.3 is 0 Å². The number of rotatable bonds is 3. The number of imidazole rings is 1. The van der Waals surface area contributed by atoms with Crippen molar-refractivity contribution in [2.75, 3.05) is 23.9 Å². The van der Waals surface area contributed by atoms with Crippen LogP contribution in [0.3, 0.4) is 0 Å². The highest BCUT2D eigenvalue weighted by Gasteiger charge is 2.23. The predicted molar refractivity (Wildman–Crippen MR) is 94.8 cm³/mol. The molecule has 0 aromatic carbocycles. The fourth-order valence-electron chi connectivity index (χ4n) is 2.60. The molecular formula is C17H19N7O. The van der Waals surface area contributed by atoms with Gasteiger partial charge in [0.1, 0.15) is 18.8 Å². The molecule has 0 aliphatic carbocycles. The Kier molecular flexibility index (Phi) is 3.72. The molecule has 0 saturated heterocycles. The lowest BCUT2D eigenvalue weighted by atomic mass is 10.2. The van der Waals surface area contributed by atoms with Crippen molar-refractivity contribution in [1.29, 1.82) is 0 Å². The highest BCUT2D eigenvalue weighted by Crippen LogP contribution is 2.31. The zero-order chi connectivity index (χ0) is 17.4. The molecule has 0 radical (unpaired) electrons. The largest absolute Gasteiger partial charge is 0.486 e. The van der Waals surface area contributed by atoms with Gasteiger partial charge in [-0.25, -0.2) is 15.0 Å². The van der Waals surface area contributed by atoms with Gasteiger partial charge in [-0.1, -0.05) is 0 Å². The first-order valence-corrected chi connectivity index (χ1v) is 8.07. The van der Waals surface area contributed by atoms with Crippen molar-refractivity contribution in [3.05, 3.63) is 42.7 Å². The van der Waals surface area contributed by atoms with Crippen molar-refractivity contribution in [3.8, 4) is 11.6 Å². The van der Waals surface area contributed by atoms with Gasteiger partial charge in [-0.2, -0.15) is 4.98 Å². The number of aryl methyl sites for hydroxylation is 1. The minimum atomic E-state index is 0.273. The number of anilines is 3. The van der Waals surface area contributed by atoms with Crippen LogP contribution in [0.25, 0.3) is 5.82 Å². The van der Waals surface area contributed by atoms with Gasteiger partial charge in [-0.15, -0.1) is 0 Å². The third-order valence-electron chi connectivity index (χ3n) is 4.19. The Morgan fingerprint density at radius 1 is 1.20 bits per heavy atom. The van der Waals surface area contributed by atoms with E-state index in [4.69, 9.17) is 4.74 Å². The Hall–Kier alpha value is -3.16. The summed E-state index contributed by atoms with van der Waals surface area (Å²) < 4.78 is 7.54. The lowest BCUT2D eigenvalue weighted by molar-refractivity contribution is 0.271. The first kappa shape index (κ1) is 15.4. The van der Waals surface area contributed by atoms with E-state index in [1.807, 2.05) is 36.9 Å². The molecule has 0 spiro atoms. The maximum Gasteiger partial charge on any atom is 0.229 e. The summed E-state index contributed by atoms with van der Waals surface area (Å²) in [4.78, 5) is 19.6. The number of nitrogens with one attached hydrogen (secondary N) is 1. The molecule has 3 aromatic rings. The van der Waals surface area contributed by atoms with Crippen LogP contribution in [-0.2, 0) is 0 Å². The van der Waals surface area contributed by atoms with Crippen LogP contribution in [-0.4, -0.2) is 44.2 Å². The normalized spacial score (nSPS) is 16.3. The topological polar surface area (TPSA) is 81.0 Å². The molecule has 1 unspecified atom stereocenters. The van der Waals surface area contributed by atoms with Gasteiger partial charge in [0.15, 0.2) is 11.6 Å². The number of ether oxygens (including phenoxy) is 1. The van der Waals surface area contributed by atoms with E-state index in [0.29, 0.717) is 18.3 Å². The molecule has 8 heteroatoms. The summed E-state index contributed by atoms with van der Waals surface area (Å²) in [5.41, 5.74) is 1.76. The molecule has 4 rings (SSSR count). The Morgan fingerprint density at radius 2 is 2.08 bits per heavy atom. The predicted octanol–water partition coefficient (Wildman–Crippen LogP) is 2.33.